The number of benzene rings is 1. The maximum atomic E-state index is 11.5. The lowest BCUT2D eigenvalue weighted by Crippen LogP contribution is -2.37. The number of likely N-dealkylation sites (N-methyl/N-ethyl adjacent to an activating group) is 2. The first-order valence-electron chi connectivity index (χ1n) is 7.75. The van der Waals surface area contributed by atoms with Gasteiger partial charge in [-0.3, -0.25) is 4.90 Å². The van der Waals surface area contributed by atoms with Gasteiger partial charge in [-0.25, -0.2) is 8.42 Å². The van der Waals surface area contributed by atoms with Crippen molar-refractivity contribution in [2.24, 2.45) is 0 Å². The number of ether oxygens (including phenoxy) is 1. The largest absolute Gasteiger partial charge is 0.492 e. The lowest BCUT2D eigenvalue weighted by atomic mass is 10.2. The van der Waals surface area contributed by atoms with Gasteiger partial charge < -0.3 is 9.64 Å². The minimum atomic E-state index is -3.18. The summed E-state index contributed by atoms with van der Waals surface area (Å²) in [7, 11) is -1.06. The summed E-state index contributed by atoms with van der Waals surface area (Å²) in [5.41, 5.74) is 0. The van der Waals surface area contributed by atoms with Crippen LogP contribution < -0.4 is 4.74 Å². The summed E-state index contributed by atoms with van der Waals surface area (Å²) in [6, 6.07) is 7.27. The molecule has 0 radical (unpaired) electrons. The summed E-state index contributed by atoms with van der Waals surface area (Å²) in [5, 5.41) is 0. The van der Waals surface area contributed by atoms with Gasteiger partial charge in [-0.1, -0.05) is 13.0 Å². The molecular formula is C16H26N2O3S. The molecule has 0 saturated carbocycles. The second-order valence-electron chi connectivity index (χ2n) is 5.91. The molecule has 0 unspecified atom stereocenters. The van der Waals surface area contributed by atoms with Gasteiger partial charge in [0.05, 0.1) is 4.90 Å². The molecule has 1 aliphatic heterocycles. The molecule has 0 amide bonds. The Bertz CT molecular complexity index is 589. The van der Waals surface area contributed by atoms with E-state index < -0.39 is 9.84 Å². The molecule has 1 aromatic rings. The van der Waals surface area contributed by atoms with Crippen LogP contribution in [0.3, 0.4) is 0 Å². The number of sulfone groups is 1. The van der Waals surface area contributed by atoms with Crippen LogP contribution in [0.2, 0.25) is 0 Å². The predicted octanol–water partition coefficient (Wildman–Crippen LogP) is 1.49. The molecule has 1 heterocycles. The lowest BCUT2D eigenvalue weighted by molar-refractivity contribution is 0.189. The van der Waals surface area contributed by atoms with Gasteiger partial charge in [0.2, 0.25) is 0 Å². The standard InChI is InChI=1S/C16H26N2O3S/c1-4-18-9-8-14(13-18)17(2)10-11-21-15-6-5-7-16(12-15)22(3,19)20/h5-7,12,14H,4,8-11,13H2,1-3H3/t14-/m1/s1. The van der Waals surface area contributed by atoms with E-state index in [1.54, 1.807) is 24.3 Å². The molecule has 0 N–H and O–H groups in total. The van der Waals surface area contributed by atoms with Crippen LogP contribution in [0.15, 0.2) is 29.2 Å². The van der Waals surface area contributed by atoms with Crippen LogP contribution in [-0.4, -0.2) is 70.3 Å². The molecule has 22 heavy (non-hydrogen) atoms. The highest BCUT2D eigenvalue weighted by Crippen LogP contribution is 2.18. The van der Waals surface area contributed by atoms with Crippen LogP contribution in [0.25, 0.3) is 0 Å². The quantitative estimate of drug-likeness (QED) is 0.760. The summed E-state index contributed by atoms with van der Waals surface area (Å²) >= 11 is 0. The zero-order chi connectivity index (χ0) is 16.2. The molecule has 0 aromatic heterocycles. The van der Waals surface area contributed by atoms with Crippen LogP contribution in [0.1, 0.15) is 13.3 Å². The maximum absolute atomic E-state index is 11.5. The monoisotopic (exact) mass is 326 g/mol. The second kappa shape index (κ2) is 7.44. The van der Waals surface area contributed by atoms with Crippen molar-refractivity contribution in [1.29, 1.82) is 0 Å². The van der Waals surface area contributed by atoms with Gasteiger partial charge in [-0.05, 0) is 44.8 Å². The summed E-state index contributed by atoms with van der Waals surface area (Å²) < 4.78 is 28.8. The Labute approximate surface area is 133 Å². The fraction of sp³-hybridized carbons (Fsp3) is 0.625. The summed E-state index contributed by atoms with van der Waals surface area (Å²) in [6.07, 6.45) is 2.41. The highest BCUT2D eigenvalue weighted by molar-refractivity contribution is 7.90. The molecule has 1 fully saturated rings. The predicted molar refractivity (Wildman–Crippen MR) is 88.2 cm³/mol. The van der Waals surface area contributed by atoms with Crippen molar-refractivity contribution in [3.05, 3.63) is 24.3 Å². The fourth-order valence-electron chi connectivity index (χ4n) is 2.74. The summed E-state index contributed by atoms with van der Waals surface area (Å²) in [5.74, 6) is 0.609. The number of hydrogen-bond acceptors (Lipinski definition) is 5. The van der Waals surface area contributed by atoms with Gasteiger partial charge in [0, 0.05) is 25.4 Å². The van der Waals surface area contributed by atoms with Gasteiger partial charge >= 0.3 is 0 Å². The third-order valence-corrected chi connectivity index (χ3v) is 5.37. The molecule has 2 rings (SSSR count). The molecule has 5 nitrogen and oxygen atoms in total. The topological polar surface area (TPSA) is 49.9 Å². The van der Waals surface area contributed by atoms with Gasteiger partial charge in [-0.2, -0.15) is 0 Å². The normalized spacial score (nSPS) is 19.7. The molecule has 0 spiro atoms. The first kappa shape index (κ1) is 17.2. The van der Waals surface area contributed by atoms with E-state index in [9.17, 15) is 8.42 Å². The van der Waals surface area contributed by atoms with Crippen molar-refractivity contribution < 1.29 is 13.2 Å². The Morgan fingerprint density at radius 3 is 2.82 bits per heavy atom. The van der Waals surface area contributed by atoms with Gasteiger partial charge in [0.25, 0.3) is 0 Å². The first-order valence-corrected chi connectivity index (χ1v) is 9.65. The fourth-order valence-corrected chi connectivity index (χ4v) is 3.40. The number of likely N-dealkylation sites (tertiary alicyclic amines) is 1. The van der Waals surface area contributed by atoms with Crippen LogP contribution in [0.5, 0.6) is 5.75 Å². The van der Waals surface area contributed by atoms with Crippen molar-refractivity contribution in [3.8, 4) is 5.75 Å². The highest BCUT2D eigenvalue weighted by atomic mass is 32.2. The summed E-state index contributed by atoms with van der Waals surface area (Å²) in [6.45, 7) is 7.00. The summed E-state index contributed by atoms with van der Waals surface area (Å²) in [4.78, 5) is 5.08. The molecule has 1 aromatic carbocycles. The molecule has 1 atom stereocenters. The van der Waals surface area contributed by atoms with E-state index in [1.807, 2.05) is 0 Å². The van der Waals surface area contributed by atoms with E-state index in [-0.39, 0.29) is 0 Å². The van der Waals surface area contributed by atoms with Crippen LogP contribution in [0, 0.1) is 0 Å². The zero-order valence-corrected chi connectivity index (χ0v) is 14.5. The van der Waals surface area contributed by atoms with Crippen LogP contribution >= 0.6 is 0 Å². The van der Waals surface area contributed by atoms with Crippen molar-refractivity contribution in [2.75, 3.05) is 46.1 Å². The Morgan fingerprint density at radius 1 is 1.41 bits per heavy atom. The van der Waals surface area contributed by atoms with Crippen LogP contribution in [-0.2, 0) is 9.84 Å². The SMILES string of the molecule is CCN1CC[C@@H](N(C)CCOc2cccc(S(C)(=O)=O)c2)C1. The Kier molecular flexibility index (Phi) is 5.83. The van der Waals surface area contributed by atoms with Gasteiger partial charge in [0.15, 0.2) is 9.84 Å². The van der Waals surface area contributed by atoms with E-state index in [4.69, 9.17) is 4.74 Å². The smallest absolute Gasteiger partial charge is 0.175 e. The molecule has 124 valence electrons. The average Bonchev–Trinajstić information content (AvgIpc) is 2.95. The Balaban J connectivity index is 1.81. The van der Waals surface area contributed by atoms with Crippen molar-refractivity contribution in [1.82, 2.24) is 9.80 Å². The lowest BCUT2D eigenvalue weighted by Gasteiger charge is -2.24. The van der Waals surface area contributed by atoms with E-state index in [2.05, 4.69) is 23.8 Å². The molecule has 1 aliphatic rings. The molecule has 0 aliphatic carbocycles. The van der Waals surface area contributed by atoms with Crippen LogP contribution in [0.4, 0.5) is 0 Å². The van der Waals surface area contributed by atoms with E-state index in [0.717, 1.165) is 19.6 Å². The minimum Gasteiger partial charge on any atom is -0.492 e. The molecule has 6 heteroatoms. The first-order chi connectivity index (χ1) is 10.4. The maximum Gasteiger partial charge on any atom is 0.175 e. The number of hydrogen-bond donors (Lipinski definition) is 0. The van der Waals surface area contributed by atoms with Crippen molar-refractivity contribution in [3.63, 3.8) is 0 Å². The zero-order valence-electron chi connectivity index (χ0n) is 13.7. The van der Waals surface area contributed by atoms with E-state index in [1.165, 1.54) is 19.2 Å². The highest BCUT2D eigenvalue weighted by Gasteiger charge is 2.24. The van der Waals surface area contributed by atoms with Crippen molar-refractivity contribution in [2.45, 2.75) is 24.3 Å². The minimum absolute atomic E-state index is 0.299. The second-order valence-corrected chi connectivity index (χ2v) is 7.93. The van der Waals surface area contributed by atoms with Gasteiger partial charge in [0.1, 0.15) is 12.4 Å². The molecule has 0 bridgehead atoms. The Hall–Kier alpha value is -1.11. The van der Waals surface area contributed by atoms with Crippen molar-refractivity contribution >= 4 is 9.84 Å². The van der Waals surface area contributed by atoms with E-state index >= 15 is 0 Å². The van der Waals surface area contributed by atoms with E-state index in [0.29, 0.717) is 23.3 Å². The molecular weight excluding hydrogens is 300 g/mol. The average molecular weight is 326 g/mol. The van der Waals surface area contributed by atoms with Gasteiger partial charge in [-0.15, -0.1) is 0 Å². The Morgan fingerprint density at radius 2 is 2.18 bits per heavy atom. The number of nitrogens with zero attached hydrogens (tertiary/aromatic N) is 2. The molecule has 1 saturated heterocycles. The number of rotatable bonds is 7. The third-order valence-electron chi connectivity index (χ3n) is 4.26. The third kappa shape index (κ3) is 4.69.